The van der Waals surface area contributed by atoms with Gasteiger partial charge >= 0.3 is 0 Å². The highest BCUT2D eigenvalue weighted by atomic mass is 16.1. The molecule has 0 radical (unpaired) electrons. The number of carbonyl (C=O) groups excluding carboxylic acids is 1. The van der Waals surface area contributed by atoms with E-state index in [0.29, 0.717) is 24.1 Å². The summed E-state index contributed by atoms with van der Waals surface area (Å²) in [5.41, 5.74) is 12.3. The summed E-state index contributed by atoms with van der Waals surface area (Å²) in [6, 6.07) is 7.59. The monoisotopic (exact) mass is 232 g/mol. The molecule has 1 aliphatic rings. The van der Waals surface area contributed by atoms with Crippen LogP contribution in [0.3, 0.4) is 0 Å². The SMILES string of the molecule is NC(=O)c1cccc(CN=C(N)NC2CC2)c1. The topological polar surface area (TPSA) is 93.5 Å². The first-order valence-corrected chi connectivity index (χ1v) is 5.60. The Bertz CT molecular complexity index is 452. The lowest BCUT2D eigenvalue weighted by molar-refractivity contribution is 0.1000. The Morgan fingerprint density at radius 3 is 2.82 bits per heavy atom. The van der Waals surface area contributed by atoms with E-state index in [9.17, 15) is 4.79 Å². The molecule has 1 aromatic rings. The van der Waals surface area contributed by atoms with E-state index < -0.39 is 5.91 Å². The molecule has 0 saturated heterocycles. The Labute approximate surface area is 99.9 Å². The van der Waals surface area contributed by atoms with Gasteiger partial charge in [0.25, 0.3) is 0 Å². The fraction of sp³-hybridized carbons (Fsp3) is 0.333. The summed E-state index contributed by atoms with van der Waals surface area (Å²) in [7, 11) is 0. The molecule has 0 aliphatic heterocycles. The molecule has 0 aromatic heterocycles. The van der Waals surface area contributed by atoms with Gasteiger partial charge in [-0.25, -0.2) is 4.99 Å². The summed E-state index contributed by atoms with van der Waals surface area (Å²) in [4.78, 5) is 15.2. The summed E-state index contributed by atoms with van der Waals surface area (Å²) >= 11 is 0. The zero-order valence-electron chi connectivity index (χ0n) is 9.52. The largest absolute Gasteiger partial charge is 0.370 e. The molecule has 5 heteroatoms. The second-order valence-corrected chi connectivity index (χ2v) is 4.18. The fourth-order valence-electron chi connectivity index (χ4n) is 1.48. The van der Waals surface area contributed by atoms with Gasteiger partial charge in [-0.2, -0.15) is 0 Å². The van der Waals surface area contributed by atoms with Crippen LogP contribution in [0, 0.1) is 0 Å². The van der Waals surface area contributed by atoms with E-state index in [2.05, 4.69) is 10.3 Å². The van der Waals surface area contributed by atoms with Gasteiger partial charge in [0, 0.05) is 11.6 Å². The van der Waals surface area contributed by atoms with Crippen LogP contribution in [0.2, 0.25) is 0 Å². The number of aliphatic imine (C=N–C) groups is 1. The van der Waals surface area contributed by atoms with Gasteiger partial charge in [0.05, 0.1) is 6.54 Å². The van der Waals surface area contributed by atoms with Gasteiger partial charge in [-0.15, -0.1) is 0 Å². The molecule has 5 N–H and O–H groups in total. The van der Waals surface area contributed by atoms with Crippen molar-refractivity contribution >= 4 is 11.9 Å². The predicted molar refractivity (Wildman–Crippen MR) is 66.4 cm³/mol. The minimum Gasteiger partial charge on any atom is -0.370 e. The summed E-state index contributed by atoms with van der Waals surface area (Å²) in [5.74, 6) is 0.0249. The van der Waals surface area contributed by atoms with Crippen LogP contribution in [0.1, 0.15) is 28.8 Å². The lowest BCUT2D eigenvalue weighted by atomic mass is 10.1. The summed E-state index contributed by atoms with van der Waals surface area (Å²) in [6.45, 7) is 0.451. The van der Waals surface area contributed by atoms with Gasteiger partial charge < -0.3 is 16.8 Å². The molecule has 0 bridgehead atoms. The number of nitrogens with zero attached hydrogens (tertiary/aromatic N) is 1. The Hall–Kier alpha value is -2.04. The van der Waals surface area contributed by atoms with Crippen molar-refractivity contribution in [2.75, 3.05) is 0 Å². The highest BCUT2D eigenvalue weighted by Gasteiger charge is 2.21. The third-order valence-corrected chi connectivity index (χ3v) is 2.57. The van der Waals surface area contributed by atoms with Crippen molar-refractivity contribution in [1.82, 2.24) is 5.32 Å². The maximum atomic E-state index is 11.0. The number of benzene rings is 1. The number of guanidine groups is 1. The summed E-state index contributed by atoms with van der Waals surface area (Å²) < 4.78 is 0. The summed E-state index contributed by atoms with van der Waals surface area (Å²) in [6.07, 6.45) is 2.32. The molecule has 0 unspecified atom stereocenters. The predicted octanol–water partition coefficient (Wildman–Crippen LogP) is 0.352. The molecular formula is C12H16N4O. The molecule has 17 heavy (non-hydrogen) atoms. The van der Waals surface area contributed by atoms with E-state index in [0.717, 1.165) is 18.4 Å². The van der Waals surface area contributed by atoms with E-state index in [1.807, 2.05) is 6.07 Å². The molecule has 1 amide bonds. The zero-order valence-corrected chi connectivity index (χ0v) is 9.52. The molecule has 2 rings (SSSR count). The molecule has 0 heterocycles. The van der Waals surface area contributed by atoms with E-state index in [4.69, 9.17) is 11.5 Å². The fourth-order valence-corrected chi connectivity index (χ4v) is 1.48. The number of rotatable bonds is 4. The van der Waals surface area contributed by atoms with Crippen LogP contribution in [0.25, 0.3) is 0 Å². The van der Waals surface area contributed by atoms with Gasteiger partial charge in [-0.3, -0.25) is 4.79 Å². The van der Waals surface area contributed by atoms with Crippen molar-refractivity contribution in [2.24, 2.45) is 16.5 Å². The average molecular weight is 232 g/mol. The highest BCUT2D eigenvalue weighted by molar-refractivity contribution is 5.92. The smallest absolute Gasteiger partial charge is 0.248 e. The minimum atomic E-state index is -0.431. The van der Waals surface area contributed by atoms with Crippen LogP contribution in [-0.4, -0.2) is 17.9 Å². The van der Waals surface area contributed by atoms with Crippen molar-refractivity contribution in [3.63, 3.8) is 0 Å². The maximum Gasteiger partial charge on any atom is 0.248 e. The van der Waals surface area contributed by atoms with Gasteiger partial charge in [-0.1, -0.05) is 12.1 Å². The molecule has 1 saturated carbocycles. The van der Waals surface area contributed by atoms with Crippen molar-refractivity contribution in [2.45, 2.75) is 25.4 Å². The van der Waals surface area contributed by atoms with Crippen LogP contribution >= 0.6 is 0 Å². The van der Waals surface area contributed by atoms with E-state index >= 15 is 0 Å². The standard InChI is InChI=1S/C12H16N4O/c13-11(17)9-3-1-2-8(6-9)7-15-12(14)16-10-4-5-10/h1-3,6,10H,4-5,7H2,(H2,13,17)(H3,14,15,16). The molecule has 0 atom stereocenters. The van der Waals surface area contributed by atoms with Gasteiger partial charge in [-0.05, 0) is 30.5 Å². The Morgan fingerprint density at radius 1 is 1.41 bits per heavy atom. The number of nitrogens with one attached hydrogen (secondary N) is 1. The number of primary amides is 1. The molecular weight excluding hydrogens is 216 g/mol. The molecule has 5 nitrogen and oxygen atoms in total. The second-order valence-electron chi connectivity index (χ2n) is 4.18. The van der Waals surface area contributed by atoms with Crippen LogP contribution in [0.15, 0.2) is 29.3 Å². The molecule has 1 fully saturated rings. The number of nitrogens with two attached hydrogens (primary N) is 2. The van der Waals surface area contributed by atoms with Crippen molar-refractivity contribution < 1.29 is 4.79 Å². The molecule has 90 valence electrons. The first-order chi connectivity index (χ1) is 8.15. The normalized spacial score (nSPS) is 15.6. The van der Waals surface area contributed by atoms with Gasteiger partial charge in [0.2, 0.25) is 5.91 Å². The third kappa shape index (κ3) is 3.48. The van der Waals surface area contributed by atoms with Crippen molar-refractivity contribution in [3.8, 4) is 0 Å². The van der Waals surface area contributed by atoms with E-state index in [1.165, 1.54) is 0 Å². The van der Waals surface area contributed by atoms with Crippen molar-refractivity contribution in [3.05, 3.63) is 35.4 Å². The minimum absolute atomic E-state index is 0.431. The van der Waals surface area contributed by atoms with Crippen LogP contribution in [0.5, 0.6) is 0 Å². The summed E-state index contributed by atoms with van der Waals surface area (Å²) in [5, 5.41) is 3.10. The average Bonchev–Trinajstić information content (AvgIpc) is 3.11. The second kappa shape index (κ2) is 4.86. The Balaban J connectivity index is 1.97. The van der Waals surface area contributed by atoms with E-state index in [1.54, 1.807) is 18.2 Å². The van der Waals surface area contributed by atoms with Gasteiger partial charge in [0.1, 0.15) is 0 Å². The number of carbonyl (C=O) groups is 1. The molecule has 0 spiro atoms. The van der Waals surface area contributed by atoms with Gasteiger partial charge in [0.15, 0.2) is 5.96 Å². The maximum absolute atomic E-state index is 11.0. The first-order valence-electron chi connectivity index (χ1n) is 5.60. The van der Waals surface area contributed by atoms with E-state index in [-0.39, 0.29) is 0 Å². The number of hydrogen-bond acceptors (Lipinski definition) is 2. The number of amides is 1. The first kappa shape index (κ1) is 11.4. The van der Waals surface area contributed by atoms with Crippen LogP contribution < -0.4 is 16.8 Å². The third-order valence-electron chi connectivity index (χ3n) is 2.57. The quantitative estimate of drug-likeness (QED) is 0.516. The van der Waals surface area contributed by atoms with Crippen molar-refractivity contribution in [1.29, 1.82) is 0 Å². The molecule has 1 aliphatic carbocycles. The van der Waals surface area contributed by atoms with Crippen LogP contribution in [0.4, 0.5) is 0 Å². The van der Waals surface area contributed by atoms with Crippen LogP contribution in [-0.2, 0) is 6.54 Å². The Morgan fingerprint density at radius 2 is 2.18 bits per heavy atom. The number of hydrogen-bond donors (Lipinski definition) is 3. The zero-order chi connectivity index (χ0) is 12.3. The molecule has 1 aromatic carbocycles. The lowest BCUT2D eigenvalue weighted by Crippen LogP contribution is -2.33. The highest BCUT2D eigenvalue weighted by Crippen LogP contribution is 2.18. The lowest BCUT2D eigenvalue weighted by Gasteiger charge is -2.03. The Kier molecular flexibility index (Phi) is 3.27.